The quantitative estimate of drug-likeness (QED) is 0.827. The number of nitrogens with zero attached hydrogens (tertiary/aromatic N) is 1. The summed E-state index contributed by atoms with van der Waals surface area (Å²) in [5.41, 5.74) is 0. The third kappa shape index (κ3) is 3.60. The first-order chi connectivity index (χ1) is 9.76. The predicted octanol–water partition coefficient (Wildman–Crippen LogP) is 1.47. The summed E-state index contributed by atoms with van der Waals surface area (Å²) in [6.45, 7) is 0.198. The van der Waals surface area contributed by atoms with Gasteiger partial charge in [-0.1, -0.05) is 24.7 Å². The number of aliphatic hydroxyl groups excluding tert-OH is 2. The Hall–Kier alpha value is -1.35. The molecule has 0 aromatic carbocycles. The van der Waals surface area contributed by atoms with E-state index in [4.69, 9.17) is 5.11 Å². The van der Waals surface area contributed by atoms with Crippen molar-refractivity contribution in [3.63, 3.8) is 0 Å². The van der Waals surface area contributed by atoms with Crippen LogP contribution >= 0.6 is 11.3 Å². The van der Waals surface area contributed by atoms with E-state index in [-0.39, 0.29) is 25.2 Å². The van der Waals surface area contributed by atoms with Crippen molar-refractivity contribution < 1.29 is 15.0 Å². The number of amides is 1. The molecule has 1 aromatic rings. The number of rotatable bonds is 4. The second kappa shape index (κ2) is 7.44. The molecule has 0 unspecified atom stereocenters. The van der Waals surface area contributed by atoms with Crippen molar-refractivity contribution in [2.45, 2.75) is 31.7 Å². The first kappa shape index (κ1) is 15.0. The van der Waals surface area contributed by atoms with Crippen LogP contribution in [0.25, 0.3) is 0 Å². The second-order valence-electron chi connectivity index (χ2n) is 4.78. The van der Waals surface area contributed by atoms with Crippen LogP contribution in [0.2, 0.25) is 0 Å². The third-order valence-corrected chi connectivity index (χ3v) is 4.46. The molecule has 1 fully saturated rings. The highest BCUT2D eigenvalue weighted by Crippen LogP contribution is 2.26. The highest BCUT2D eigenvalue weighted by Gasteiger charge is 2.27. The Morgan fingerprint density at radius 3 is 2.75 bits per heavy atom. The van der Waals surface area contributed by atoms with Crippen molar-refractivity contribution >= 4 is 17.2 Å². The summed E-state index contributed by atoms with van der Waals surface area (Å²) in [6, 6.07) is 3.82. The van der Waals surface area contributed by atoms with Crippen LogP contribution in [0, 0.1) is 11.8 Å². The van der Waals surface area contributed by atoms with E-state index in [9.17, 15) is 9.90 Å². The first-order valence-electron chi connectivity index (χ1n) is 6.87. The molecule has 1 amide bonds. The summed E-state index contributed by atoms with van der Waals surface area (Å²) >= 11 is 1.34. The van der Waals surface area contributed by atoms with Gasteiger partial charge in [-0.15, -0.1) is 11.3 Å². The lowest BCUT2D eigenvalue weighted by Crippen LogP contribution is -2.40. The number of carbonyl (C=O) groups excluding carboxylic acids is 1. The van der Waals surface area contributed by atoms with E-state index in [1.54, 1.807) is 17.0 Å². The van der Waals surface area contributed by atoms with Gasteiger partial charge in [-0.25, -0.2) is 0 Å². The summed E-state index contributed by atoms with van der Waals surface area (Å²) in [5, 5.41) is 17.8. The Morgan fingerprint density at radius 2 is 2.10 bits per heavy atom. The zero-order valence-corrected chi connectivity index (χ0v) is 12.2. The minimum Gasteiger partial charge on any atom is -0.395 e. The lowest BCUT2D eigenvalue weighted by molar-refractivity contribution is 0.0643. The van der Waals surface area contributed by atoms with Crippen molar-refractivity contribution in [3.8, 4) is 11.8 Å². The van der Waals surface area contributed by atoms with Crippen LogP contribution in [-0.2, 0) is 0 Å². The Bertz CT molecular complexity index is 509. The molecule has 0 atom stereocenters. The van der Waals surface area contributed by atoms with Crippen LogP contribution in [0.5, 0.6) is 0 Å². The van der Waals surface area contributed by atoms with Gasteiger partial charge in [0.05, 0.1) is 16.4 Å². The van der Waals surface area contributed by atoms with Crippen LogP contribution in [0.15, 0.2) is 12.1 Å². The molecule has 5 heteroatoms. The molecule has 1 aliphatic rings. The summed E-state index contributed by atoms with van der Waals surface area (Å²) in [6.07, 6.45) is 4.34. The lowest BCUT2D eigenvalue weighted by Gasteiger charge is -2.27. The monoisotopic (exact) mass is 293 g/mol. The van der Waals surface area contributed by atoms with Gasteiger partial charge in [-0.05, 0) is 25.0 Å². The average Bonchev–Trinajstić information content (AvgIpc) is 3.12. The van der Waals surface area contributed by atoms with Crippen molar-refractivity contribution in [1.82, 2.24) is 4.90 Å². The molecule has 1 aliphatic carbocycles. The van der Waals surface area contributed by atoms with Gasteiger partial charge in [0.2, 0.25) is 0 Å². The molecule has 20 heavy (non-hydrogen) atoms. The fraction of sp³-hybridized carbons (Fsp3) is 0.533. The molecule has 0 aliphatic heterocycles. The van der Waals surface area contributed by atoms with Crippen molar-refractivity contribution in [2.75, 3.05) is 19.8 Å². The van der Waals surface area contributed by atoms with E-state index in [1.807, 2.05) is 0 Å². The average molecular weight is 293 g/mol. The molecule has 108 valence electrons. The van der Waals surface area contributed by atoms with Crippen molar-refractivity contribution in [3.05, 3.63) is 21.9 Å². The number of hydrogen-bond donors (Lipinski definition) is 2. The highest BCUT2D eigenvalue weighted by atomic mass is 32.1. The molecule has 2 rings (SSSR count). The number of thiophene rings is 1. The summed E-state index contributed by atoms with van der Waals surface area (Å²) < 4.78 is 0. The predicted molar refractivity (Wildman–Crippen MR) is 78.7 cm³/mol. The fourth-order valence-electron chi connectivity index (χ4n) is 2.56. The van der Waals surface area contributed by atoms with E-state index < -0.39 is 0 Å². The van der Waals surface area contributed by atoms with E-state index in [1.165, 1.54) is 11.3 Å². The SMILES string of the molecule is O=C(c1ccc(C#CCO)s1)N(CCO)C1CCCC1. The summed E-state index contributed by atoms with van der Waals surface area (Å²) in [7, 11) is 0. The van der Waals surface area contributed by atoms with E-state index >= 15 is 0 Å². The molecule has 1 heterocycles. The first-order valence-corrected chi connectivity index (χ1v) is 7.69. The molecule has 0 saturated heterocycles. The maximum atomic E-state index is 12.5. The normalized spacial score (nSPS) is 14.9. The molecular formula is C15H19NO3S. The second-order valence-corrected chi connectivity index (χ2v) is 5.87. The minimum atomic E-state index is -0.181. The largest absolute Gasteiger partial charge is 0.395 e. The van der Waals surface area contributed by atoms with Crippen LogP contribution in [0.1, 0.15) is 40.2 Å². The highest BCUT2D eigenvalue weighted by molar-refractivity contribution is 7.14. The van der Waals surface area contributed by atoms with Crippen molar-refractivity contribution in [2.24, 2.45) is 0 Å². The van der Waals surface area contributed by atoms with Gasteiger partial charge in [0.25, 0.3) is 5.91 Å². The number of hydrogen-bond acceptors (Lipinski definition) is 4. The Kier molecular flexibility index (Phi) is 5.60. The maximum absolute atomic E-state index is 12.5. The molecule has 1 saturated carbocycles. The molecule has 1 aromatic heterocycles. The Morgan fingerprint density at radius 1 is 1.35 bits per heavy atom. The van der Waals surface area contributed by atoms with E-state index in [2.05, 4.69) is 11.8 Å². The molecule has 0 radical (unpaired) electrons. The van der Waals surface area contributed by atoms with Crippen LogP contribution in [0.4, 0.5) is 0 Å². The number of aliphatic hydroxyl groups is 2. The van der Waals surface area contributed by atoms with E-state index in [0.717, 1.165) is 30.6 Å². The van der Waals surface area contributed by atoms with Gasteiger partial charge in [-0.3, -0.25) is 4.79 Å². The lowest BCUT2D eigenvalue weighted by atomic mass is 10.2. The van der Waals surface area contributed by atoms with Gasteiger partial charge < -0.3 is 15.1 Å². The standard InChI is InChI=1S/C15H19NO3S/c17-10-3-6-13-7-8-14(20-13)15(19)16(9-11-18)12-4-1-2-5-12/h7-8,12,17-18H,1-2,4-5,9-11H2. The van der Waals surface area contributed by atoms with Crippen LogP contribution in [-0.4, -0.2) is 46.8 Å². The Balaban J connectivity index is 2.12. The van der Waals surface area contributed by atoms with Gasteiger partial charge in [0.1, 0.15) is 6.61 Å². The molecular weight excluding hydrogens is 274 g/mol. The number of carbonyl (C=O) groups is 1. The third-order valence-electron chi connectivity index (χ3n) is 3.47. The van der Waals surface area contributed by atoms with Gasteiger partial charge in [-0.2, -0.15) is 0 Å². The molecule has 0 spiro atoms. The molecule has 4 nitrogen and oxygen atoms in total. The minimum absolute atomic E-state index is 0.00914. The summed E-state index contributed by atoms with van der Waals surface area (Å²) in [4.78, 5) is 15.8. The Labute approximate surface area is 123 Å². The van der Waals surface area contributed by atoms with Gasteiger partial charge >= 0.3 is 0 Å². The van der Waals surface area contributed by atoms with Crippen LogP contribution in [0.3, 0.4) is 0 Å². The topological polar surface area (TPSA) is 60.8 Å². The molecule has 0 bridgehead atoms. The zero-order valence-electron chi connectivity index (χ0n) is 11.3. The smallest absolute Gasteiger partial charge is 0.264 e. The van der Waals surface area contributed by atoms with Gasteiger partial charge in [0, 0.05) is 12.6 Å². The molecule has 2 N–H and O–H groups in total. The van der Waals surface area contributed by atoms with Crippen LogP contribution < -0.4 is 0 Å². The fourth-order valence-corrected chi connectivity index (χ4v) is 3.40. The maximum Gasteiger partial charge on any atom is 0.264 e. The van der Waals surface area contributed by atoms with Crippen molar-refractivity contribution in [1.29, 1.82) is 0 Å². The zero-order chi connectivity index (χ0) is 14.4. The van der Waals surface area contributed by atoms with E-state index in [0.29, 0.717) is 11.4 Å². The summed E-state index contributed by atoms with van der Waals surface area (Å²) in [5.74, 6) is 5.37. The van der Waals surface area contributed by atoms with Gasteiger partial charge in [0.15, 0.2) is 0 Å².